The van der Waals surface area contributed by atoms with E-state index in [2.05, 4.69) is 64.6 Å². The van der Waals surface area contributed by atoms with E-state index in [4.69, 9.17) is 0 Å². The number of piperazine rings is 1. The Morgan fingerprint density at radius 2 is 1.76 bits per heavy atom. The Kier molecular flexibility index (Phi) is 5.43. The maximum absolute atomic E-state index is 10.1. The normalized spacial score (nSPS) is 15.7. The maximum Gasteiger partial charge on any atom is 0.136 e. The Labute approximate surface area is 173 Å². The van der Waals surface area contributed by atoms with Gasteiger partial charge < -0.3 is 19.5 Å². The molecule has 3 aromatic rings. The first-order valence-corrected chi connectivity index (χ1v) is 10.3. The molecular weight excluding hydrogens is 360 g/mol. The topological polar surface area (TPSA) is 44.5 Å². The third-order valence-electron chi connectivity index (χ3n) is 5.70. The van der Waals surface area contributed by atoms with E-state index < -0.39 is 5.60 Å². The molecule has 3 heterocycles. The van der Waals surface area contributed by atoms with Crippen LogP contribution in [0.25, 0.3) is 5.82 Å². The van der Waals surface area contributed by atoms with Crippen LogP contribution in [-0.2, 0) is 12.0 Å². The monoisotopic (exact) mass is 390 g/mol. The molecule has 0 aliphatic carbocycles. The molecule has 4 rings (SSSR count). The highest BCUT2D eigenvalue weighted by atomic mass is 16.3. The summed E-state index contributed by atoms with van der Waals surface area (Å²) in [6.07, 6.45) is 6.85. The maximum atomic E-state index is 10.1. The summed E-state index contributed by atoms with van der Waals surface area (Å²) in [7, 11) is 2.19. The minimum absolute atomic E-state index is 0.815. The fourth-order valence-corrected chi connectivity index (χ4v) is 3.82. The molecule has 0 radical (unpaired) electrons. The van der Waals surface area contributed by atoms with Crippen molar-refractivity contribution in [1.82, 2.24) is 14.5 Å². The third-order valence-corrected chi connectivity index (χ3v) is 5.70. The smallest absolute Gasteiger partial charge is 0.136 e. The summed E-state index contributed by atoms with van der Waals surface area (Å²) in [5.41, 5.74) is 3.91. The quantitative estimate of drug-likeness (QED) is 0.725. The second-order valence-corrected chi connectivity index (χ2v) is 8.49. The summed E-state index contributed by atoms with van der Waals surface area (Å²) >= 11 is 0. The largest absolute Gasteiger partial charge is 0.386 e. The van der Waals surface area contributed by atoms with Gasteiger partial charge in [-0.1, -0.05) is 24.3 Å². The molecule has 0 spiro atoms. The van der Waals surface area contributed by atoms with Crippen LogP contribution in [0.15, 0.2) is 61.1 Å². The van der Waals surface area contributed by atoms with Crippen LogP contribution in [0.4, 0.5) is 5.69 Å². The molecule has 1 fully saturated rings. The molecule has 0 atom stereocenters. The van der Waals surface area contributed by atoms with Gasteiger partial charge >= 0.3 is 0 Å². The highest BCUT2D eigenvalue weighted by Crippen LogP contribution is 2.25. The second-order valence-electron chi connectivity index (χ2n) is 8.49. The van der Waals surface area contributed by atoms with E-state index in [1.165, 1.54) is 16.8 Å². The van der Waals surface area contributed by atoms with Gasteiger partial charge in [0.15, 0.2) is 0 Å². The lowest BCUT2D eigenvalue weighted by atomic mass is 10.0. The fraction of sp³-hybridized carbons (Fsp3) is 0.375. The minimum atomic E-state index is -0.875. The molecule has 1 N–H and O–H groups in total. The first-order valence-electron chi connectivity index (χ1n) is 10.3. The number of likely N-dealkylation sites (N-methyl/N-ethyl adjacent to an activating group) is 1. The first kappa shape index (κ1) is 19.7. The first-order chi connectivity index (χ1) is 13.9. The van der Waals surface area contributed by atoms with Crippen molar-refractivity contribution in [2.75, 3.05) is 38.1 Å². The van der Waals surface area contributed by atoms with E-state index in [1.807, 2.05) is 16.7 Å². The molecule has 152 valence electrons. The molecular formula is C24H30N4O. The average Bonchev–Trinajstić information content (AvgIpc) is 3.17. The van der Waals surface area contributed by atoms with Gasteiger partial charge in [-0.05, 0) is 50.2 Å². The van der Waals surface area contributed by atoms with Crippen molar-refractivity contribution < 1.29 is 5.11 Å². The summed E-state index contributed by atoms with van der Waals surface area (Å²) in [5.74, 6) is 0.858. The number of hydrogen-bond acceptors (Lipinski definition) is 4. The Morgan fingerprint density at radius 1 is 1.00 bits per heavy atom. The molecule has 0 bridgehead atoms. The summed E-state index contributed by atoms with van der Waals surface area (Å²) in [5, 5.41) is 10.1. The van der Waals surface area contributed by atoms with E-state index in [0.717, 1.165) is 44.0 Å². The van der Waals surface area contributed by atoms with Crippen molar-refractivity contribution >= 4 is 5.69 Å². The van der Waals surface area contributed by atoms with Gasteiger partial charge in [-0.15, -0.1) is 0 Å². The highest BCUT2D eigenvalue weighted by Gasteiger charge is 2.18. The Balaban J connectivity index is 1.51. The summed E-state index contributed by atoms with van der Waals surface area (Å²) < 4.78 is 2.04. The molecule has 0 saturated carbocycles. The molecule has 0 amide bonds. The van der Waals surface area contributed by atoms with Crippen LogP contribution < -0.4 is 4.90 Å². The van der Waals surface area contributed by atoms with Crippen LogP contribution in [-0.4, -0.2) is 52.8 Å². The molecule has 2 aromatic heterocycles. The molecule has 1 aromatic carbocycles. The number of aromatic nitrogens is 2. The Morgan fingerprint density at radius 3 is 2.45 bits per heavy atom. The van der Waals surface area contributed by atoms with Crippen molar-refractivity contribution in [1.29, 1.82) is 0 Å². The molecule has 29 heavy (non-hydrogen) atoms. The van der Waals surface area contributed by atoms with Crippen molar-refractivity contribution in [3.8, 4) is 5.82 Å². The van der Waals surface area contributed by atoms with Gasteiger partial charge in [-0.25, -0.2) is 4.98 Å². The second kappa shape index (κ2) is 8.01. The van der Waals surface area contributed by atoms with Crippen molar-refractivity contribution in [2.24, 2.45) is 0 Å². The van der Waals surface area contributed by atoms with Crippen molar-refractivity contribution in [2.45, 2.75) is 25.9 Å². The standard InChI is InChI=1S/C24H30N4O/c1-24(2,29)21-8-9-23(25-17-21)28-11-10-19(18-28)16-20-6-4-5-7-22(20)27-14-12-26(3)13-15-27/h4-11,17-18,29H,12-16H2,1-3H3. The van der Waals surface area contributed by atoms with Crippen molar-refractivity contribution in [3.63, 3.8) is 0 Å². The zero-order valence-corrected chi connectivity index (χ0v) is 17.5. The number of hydrogen-bond donors (Lipinski definition) is 1. The molecule has 1 aliphatic heterocycles. The summed E-state index contributed by atoms with van der Waals surface area (Å²) in [4.78, 5) is 9.41. The predicted molar refractivity (Wildman–Crippen MR) is 118 cm³/mol. The van der Waals surface area contributed by atoms with Crippen LogP contribution in [0.2, 0.25) is 0 Å². The van der Waals surface area contributed by atoms with Gasteiger partial charge in [0.05, 0.1) is 5.60 Å². The predicted octanol–water partition coefficient (Wildman–Crippen LogP) is 3.44. The summed E-state index contributed by atoms with van der Waals surface area (Å²) in [6, 6.07) is 14.8. The van der Waals surface area contributed by atoms with E-state index in [0.29, 0.717) is 0 Å². The lowest BCUT2D eigenvalue weighted by molar-refractivity contribution is 0.0782. The Bertz CT molecular complexity index is 948. The lowest BCUT2D eigenvalue weighted by Crippen LogP contribution is -2.44. The molecule has 1 saturated heterocycles. The number of nitrogens with zero attached hydrogens (tertiary/aromatic N) is 4. The van der Waals surface area contributed by atoms with Crippen LogP contribution in [0.3, 0.4) is 0 Å². The number of rotatable bonds is 5. The van der Waals surface area contributed by atoms with Crippen LogP contribution in [0.5, 0.6) is 0 Å². The van der Waals surface area contributed by atoms with Gasteiger partial charge in [0.2, 0.25) is 0 Å². The van der Waals surface area contributed by atoms with Crippen LogP contribution in [0.1, 0.15) is 30.5 Å². The SMILES string of the molecule is CN1CCN(c2ccccc2Cc2ccn(-c3ccc(C(C)(C)O)cn3)c2)CC1. The summed E-state index contributed by atoms with van der Waals surface area (Å²) in [6.45, 7) is 7.91. The molecule has 5 nitrogen and oxygen atoms in total. The minimum Gasteiger partial charge on any atom is -0.386 e. The zero-order valence-electron chi connectivity index (χ0n) is 17.5. The van der Waals surface area contributed by atoms with Gasteiger partial charge in [0.25, 0.3) is 0 Å². The molecule has 1 aliphatic rings. The van der Waals surface area contributed by atoms with Gasteiger partial charge in [-0.3, -0.25) is 0 Å². The number of para-hydroxylation sites is 1. The van der Waals surface area contributed by atoms with E-state index >= 15 is 0 Å². The number of pyridine rings is 1. The number of aliphatic hydroxyl groups is 1. The highest BCUT2D eigenvalue weighted by molar-refractivity contribution is 5.55. The zero-order chi connectivity index (χ0) is 20.4. The Hall–Kier alpha value is -2.63. The van der Waals surface area contributed by atoms with Crippen LogP contribution >= 0.6 is 0 Å². The van der Waals surface area contributed by atoms with Gasteiger partial charge in [0, 0.05) is 62.4 Å². The van der Waals surface area contributed by atoms with E-state index in [1.54, 1.807) is 20.0 Å². The lowest BCUT2D eigenvalue weighted by Gasteiger charge is -2.35. The van der Waals surface area contributed by atoms with Crippen LogP contribution in [0, 0.1) is 0 Å². The number of benzene rings is 1. The van der Waals surface area contributed by atoms with Gasteiger partial charge in [-0.2, -0.15) is 0 Å². The average molecular weight is 391 g/mol. The van der Waals surface area contributed by atoms with Crippen molar-refractivity contribution in [3.05, 3.63) is 77.7 Å². The van der Waals surface area contributed by atoms with E-state index in [-0.39, 0.29) is 0 Å². The molecule has 5 heteroatoms. The number of anilines is 1. The van der Waals surface area contributed by atoms with E-state index in [9.17, 15) is 5.11 Å². The molecule has 0 unspecified atom stereocenters. The fourth-order valence-electron chi connectivity index (χ4n) is 3.82. The third kappa shape index (κ3) is 4.52. The van der Waals surface area contributed by atoms with Gasteiger partial charge in [0.1, 0.15) is 5.82 Å².